The SMILES string of the molecule is O=C(Nc1cnc(N2CCN(c3ccccc3)CC2)nc1)c1ccc2nsnc2c1. The maximum atomic E-state index is 12.5. The largest absolute Gasteiger partial charge is 0.368 e. The molecule has 150 valence electrons. The third kappa shape index (κ3) is 3.79. The minimum Gasteiger partial charge on any atom is -0.368 e. The fraction of sp³-hybridized carbons (Fsp3) is 0.190. The van der Waals surface area contributed by atoms with Crippen LogP contribution in [0.5, 0.6) is 0 Å². The second-order valence-corrected chi connectivity index (χ2v) is 7.53. The Morgan fingerprint density at radius 1 is 0.867 bits per heavy atom. The molecular formula is C21H19N7OS. The molecule has 1 N–H and O–H groups in total. The van der Waals surface area contributed by atoms with Crippen molar-refractivity contribution >= 4 is 46.0 Å². The number of fused-ring (bicyclic) bond motifs is 1. The van der Waals surface area contributed by atoms with Gasteiger partial charge in [0, 0.05) is 37.4 Å². The van der Waals surface area contributed by atoms with Gasteiger partial charge in [0.25, 0.3) is 5.91 Å². The Labute approximate surface area is 177 Å². The van der Waals surface area contributed by atoms with Crippen LogP contribution >= 0.6 is 11.7 Å². The van der Waals surface area contributed by atoms with Crippen molar-refractivity contribution in [1.82, 2.24) is 18.7 Å². The topological polar surface area (TPSA) is 87.1 Å². The molecule has 1 aliphatic heterocycles. The number of carbonyl (C=O) groups excluding carboxylic acids is 1. The molecule has 9 heteroatoms. The van der Waals surface area contributed by atoms with E-state index in [-0.39, 0.29) is 5.91 Å². The average molecular weight is 417 g/mol. The second kappa shape index (κ2) is 8.03. The molecule has 1 amide bonds. The molecule has 2 aromatic heterocycles. The van der Waals surface area contributed by atoms with Crippen molar-refractivity contribution in [1.29, 1.82) is 0 Å². The second-order valence-electron chi connectivity index (χ2n) is 7.00. The van der Waals surface area contributed by atoms with Crippen LogP contribution in [0.1, 0.15) is 10.4 Å². The average Bonchev–Trinajstić information content (AvgIpc) is 3.28. The van der Waals surface area contributed by atoms with Gasteiger partial charge in [-0.3, -0.25) is 4.79 Å². The quantitative estimate of drug-likeness (QED) is 0.546. The van der Waals surface area contributed by atoms with Gasteiger partial charge in [-0.25, -0.2) is 9.97 Å². The van der Waals surface area contributed by atoms with Crippen LogP contribution < -0.4 is 15.1 Å². The third-order valence-electron chi connectivity index (χ3n) is 5.10. The van der Waals surface area contributed by atoms with E-state index in [1.54, 1.807) is 30.6 Å². The number of anilines is 3. The minimum atomic E-state index is -0.224. The van der Waals surface area contributed by atoms with Crippen molar-refractivity contribution in [2.75, 3.05) is 41.3 Å². The molecule has 0 unspecified atom stereocenters. The Bertz CT molecular complexity index is 1150. The number of amides is 1. The van der Waals surface area contributed by atoms with Crippen LogP contribution in [-0.4, -0.2) is 50.8 Å². The fourth-order valence-electron chi connectivity index (χ4n) is 3.48. The number of piperazine rings is 1. The van der Waals surface area contributed by atoms with Crippen molar-refractivity contribution in [2.24, 2.45) is 0 Å². The van der Waals surface area contributed by atoms with Crippen molar-refractivity contribution in [2.45, 2.75) is 0 Å². The van der Waals surface area contributed by atoms with Gasteiger partial charge in [0.1, 0.15) is 11.0 Å². The molecule has 0 bridgehead atoms. The third-order valence-corrected chi connectivity index (χ3v) is 5.65. The van der Waals surface area contributed by atoms with Gasteiger partial charge in [-0.1, -0.05) is 18.2 Å². The standard InChI is InChI=1S/C21H19N7OS/c29-20(15-6-7-18-19(12-15)26-30-25-18)24-16-13-22-21(23-14-16)28-10-8-27(9-11-28)17-4-2-1-3-5-17/h1-7,12-14H,8-11H2,(H,24,29). The number of benzene rings is 2. The van der Waals surface area contributed by atoms with Gasteiger partial charge < -0.3 is 15.1 Å². The number of nitrogens with one attached hydrogen (secondary N) is 1. The van der Waals surface area contributed by atoms with E-state index in [0.29, 0.717) is 22.7 Å². The number of nitrogens with zero attached hydrogens (tertiary/aromatic N) is 6. The highest BCUT2D eigenvalue weighted by Crippen LogP contribution is 2.19. The summed E-state index contributed by atoms with van der Waals surface area (Å²) in [7, 11) is 0. The summed E-state index contributed by atoms with van der Waals surface area (Å²) in [6.45, 7) is 3.53. The normalized spacial score (nSPS) is 14.1. The van der Waals surface area contributed by atoms with Gasteiger partial charge in [-0.2, -0.15) is 8.75 Å². The molecule has 0 saturated carbocycles. The molecule has 5 rings (SSSR count). The summed E-state index contributed by atoms with van der Waals surface area (Å²) in [5, 5.41) is 2.84. The van der Waals surface area contributed by atoms with E-state index in [4.69, 9.17) is 0 Å². The summed E-state index contributed by atoms with van der Waals surface area (Å²) in [4.78, 5) is 25.9. The summed E-state index contributed by atoms with van der Waals surface area (Å²) in [5.41, 5.74) is 3.83. The van der Waals surface area contributed by atoms with E-state index in [1.165, 1.54) is 5.69 Å². The molecule has 1 fully saturated rings. The highest BCUT2D eigenvalue weighted by molar-refractivity contribution is 7.00. The Kier molecular flexibility index (Phi) is 4.94. The van der Waals surface area contributed by atoms with Gasteiger partial charge in [0.15, 0.2) is 0 Å². The summed E-state index contributed by atoms with van der Waals surface area (Å²) < 4.78 is 8.32. The first-order valence-corrected chi connectivity index (χ1v) is 10.4. The fourth-order valence-corrected chi connectivity index (χ4v) is 4.00. The molecule has 1 aliphatic rings. The van der Waals surface area contributed by atoms with Gasteiger partial charge in [0.05, 0.1) is 29.8 Å². The molecular weight excluding hydrogens is 398 g/mol. The van der Waals surface area contributed by atoms with Crippen molar-refractivity contribution in [3.8, 4) is 0 Å². The first-order valence-electron chi connectivity index (χ1n) is 9.67. The Morgan fingerprint density at radius 2 is 1.57 bits per heavy atom. The zero-order valence-corrected chi connectivity index (χ0v) is 16.9. The molecule has 0 spiro atoms. The summed E-state index contributed by atoms with van der Waals surface area (Å²) in [5.74, 6) is 0.452. The van der Waals surface area contributed by atoms with Gasteiger partial charge in [-0.15, -0.1) is 0 Å². The summed E-state index contributed by atoms with van der Waals surface area (Å²) in [6.07, 6.45) is 3.29. The van der Waals surface area contributed by atoms with Crippen LogP contribution in [0.3, 0.4) is 0 Å². The van der Waals surface area contributed by atoms with Crippen LogP contribution in [0.25, 0.3) is 11.0 Å². The maximum absolute atomic E-state index is 12.5. The predicted molar refractivity (Wildman–Crippen MR) is 118 cm³/mol. The molecule has 2 aromatic carbocycles. The lowest BCUT2D eigenvalue weighted by Gasteiger charge is -2.36. The van der Waals surface area contributed by atoms with E-state index >= 15 is 0 Å². The highest BCUT2D eigenvalue weighted by Gasteiger charge is 2.19. The predicted octanol–water partition coefficient (Wildman–Crippen LogP) is 3.06. The van der Waals surface area contributed by atoms with E-state index in [9.17, 15) is 4.79 Å². The Morgan fingerprint density at radius 3 is 2.33 bits per heavy atom. The van der Waals surface area contributed by atoms with E-state index in [0.717, 1.165) is 43.4 Å². The van der Waals surface area contributed by atoms with Crippen LogP contribution in [-0.2, 0) is 0 Å². The van der Waals surface area contributed by atoms with Crippen molar-refractivity contribution in [3.63, 3.8) is 0 Å². The lowest BCUT2D eigenvalue weighted by Crippen LogP contribution is -2.47. The minimum absolute atomic E-state index is 0.224. The molecule has 30 heavy (non-hydrogen) atoms. The monoisotopic (exact) mass is 417 g/mol. The van der Waals surface area contributed by atoms with Crippen LogP contribution in [0.2, 0.25) is 0 Å². The van der Waals surface area contributed by atoms with Gasteiger partial charge in [-0.05, 0) is 30.3 Å². The maximum Gasteiger partial charge on any atom is 0.255 e. The zero-order valence-electron chi connectivity index (χ0n) is 16.1. The first-order chi connectivity index (χ1) is 14.8. The molecule has 0 radical (unpaired) electrons. The molecule has 1 saturated heterocycles. The highest BCUT2D eigenvalue weighted by atomic mass is 32.1. The molecule has 3 heterocycles. The number of hydrogen-bond donors (Lipinski definition) is 1. The van der Waals surface area contributed by atoms with Crippen LogP contribution in [0.15, 0.2) is 60.9 Å². The molecule has 4 aromatic rings. The lowest BCUT2D eigenvalue weighted by molar-refractivity contribution is 0.102. The number of aromatic nitrogens is 4. The van der Waals surface area contributed by atoms with Crippen molar-refractivity contribution in [3.05, 3.63) is 66.5 Å². The molecule has 0 atom stereocenters. The first kappa shape index (κ1) is 18.4. The lowest BCUT2D eigenvalue weighted by atomic mass is 10.2. The van der Waals surface area contributed by atoms with Crippen LogP contribution in [0, 0.1) is 0 Å². The Balaban J connectivity index is 1.21. The zero-order chi connectivity index (χ0) is 20.3. The van der Waals surface area contributed by atoms with Gasteiger partial charge >= 0.3 is 0 Å². The smallest absolute Gasteiger partial charge is 0.255 e. The summed E-state index contributed by atoms with van der Waals surface area (Å²) >= 11 is 1.13. The molecule has 8 nitrogen and oxygen atoms in total. The van der Waals surface area contributed by atoms with E-state index in [2.05, 4.69) is 58.1 Å². The number of para-hydroxylation sites is 1. The van der Waals surface area contributed by atoms with Gasteiger partial charge in [0.2, 0.25) is 5.95 Å². The van der Waals surface area contributed by atoms with Crippen molar-refractivity contribution < 1.29 is 4.79 Å². The summed E-state index contributed by atoms with van der Waals surface area (Å²) in [6, 6.07) is 15.7. The Hall–Kier alpha value is -3.59. The van der Waals surface area contributed by atoms with E-state index in [1.807, 2.05) is 6.07 Å². The number of rotatable bonds is 4. The van der Waals surface area contributed by atoms with E-state index < -0.39 is 0 Å². The van der Waals surface area contributed by atoms with Crippen LogP contribution in [0.4, 0.5) is 17.3 Å². The molecule has 0 aliphatic carbocycles. The number of hydrogen-bond acceptors (Lipinski definition) is 8. The number of carbonyl (C=O) groups is 1.